The molecule has 0 unspecified atom stereocenters. The molecule has 1 aromatic rings. The largest absolute Gasteiger partial charge is 0.0654 e. The molecule has 1 rings (SSSR count). The lowest BCUT2D eigenvalue weighted by Gasteiger charge is -2.15. The molecule has 0 bridgehead atoms. The van der Waals surface area contributed by atoms with Crippen LogP contribution in [-0.4, -0.2) is 0 Å². The van der Waals surface area contributed by atoms with Crippen molar-refractivity contribution in [1.82, 2.24) is 0 Å². The maximum Gasteiger partial charge on any atom is 0.00217 e. The lowest BCUT2D eigenvalue weighted by Crippen LogP contribution is -1.99. The van der Waals surface area contributed by atoms with Crippen LogP contribution in [0, 0.1) is 19.8 Å². The molecule has 0 spiro atoms. The summed E-state index contributed by atoms with van der Waals surface area (Å²) in [6, 6.07) is 6.59. The quantitative estimate of drug-likeness (QED) is 0.657. The SMILES string of the molecule is CCCC[C](C)c1cccc(C)c1C. The second kappa shape index (κ2) is 5.19. The molecule has 0 fully saturated rings. The lowest BCUT2D eigenvalue weighted by molar-refractivity contribution is 0.741. The standard InChI is InChI=1S/C14H21/c1-5-6-8-12(3)14-10-7-9-11(2)13(14)4/h7,9-10H,5-6,8H2,1-4H3. The number of benzene rings is 1. The molecule has 0 aliphatic rings. The third kappa shape index (κ3) is 2.60. The first-order chi connectivity index (χ1) is 6.66. The molecule has 14 heavy (non-hydrogen) atoms. The van der Waals surface area contributed by atoms with E-state index in [1.165, 1.54) is 41.9 Å². The number of rotatable bonds is 4. The van der Waals surface area contributed by atoms with Gasteiger partial charge >= 0.3 is 0 Å². The fraction of sp³-hybridized carbons (Fsp3) is 0.500. The van der Waals surface area contributed by atoms with Gasteiger partial charge in [-0.15, -0.1) is 0 Å². The minimum atomic E-state index is 1.24. The van der Waals surface area contributed by atoms with E-state index in [-0.39, 0.29) is 0 Å². The summed E-state index contributed by atoms with van der Waals surface area (Å²) in [5.74, 6) is 1.54. The summed E-state index contributed by atoms with van der Waals surface area (Å²) in [5.41, 5.74) is 4.30. The zero-order valence-electron chi connectivity index (χ0n) is 9.85. The van der Waals surface area contributed by atoms with E-state index in [9.17, 15) is 0 Å². The fourth-order valence-corrected chi connectivity index (χ4v) is 1.79. The lowest BCUT2D eigenvalue weighted by atomic mass is 9.90. The van der Waals surface area contributed by atoms with Gasteiger partial charge in [0.2, 0.25) is 0 Å². The maximum atomic E-state index is 2.26. The molecule has 0 aromatic heterocycles. The summed E-state index contributed by atoms with van der Waals surface area (Å²) in [7, 11) is 0. The van der Waals surface area contributed by atoms with E-state index < -0.39 is 0 Å². The highest BCUT2D eigenvalue weighted by atomic mass is 14.1. The van der Waals surface area contributed by atoms with Crippen molar-refractivity contribution in [3.05, 3.63) is 40.8 Å². The van der Waals surface area contributed by atoms with E-state index >= 15 is 0 Å². The molecule has 0 aliphatic carbocycles. The van der Waals surface area contributed by atoms with Crippen LogP contribution in [0.4, 0.5) is 0 Å². The van der Waals surface area contributed by atoms with Gasteiger partial charge in [-0.3, -0.25) is 0 Å². The van der Waals surface area contributed by atoms with Crippen molar-refractivity contribution < 1.29 is 0 Å². The van der Waals surface area contributed by atoms with E-state index in [0.717, 1.165) is 0 Å². The zero-order chi connectivity index (χ0) is 10.6. The minimum Gasteiger partial charge on any atom is -0.0654 e. The van der Waals surface area contributed by atoms with E-state index in [2.05, 4.69) is 45.9 Å². The zero-order valence-corrected chi connectivity index (χ0v) is 9.85. The summed E-state index contributed by atoms with van der Waals surface area (Å²) in [4.78, 5) is 0. The summed E-state index contributed by atoms with van der Waals surface area (Å²) in [6.07, 6.45) is 3.82. The van der Waals surface area contributed by atoms with Crippen molar-refractivity contribution >= 4 is 0 Å². The number of hydrogen-bond acceptors (Lipinski definition) is 0. The van der Waals surface area contributed by atoms with Crippen molar-refractivity contribution in [2.75, 3.05) is 0 Å². The molecule has 0 amide bonds. The summed E-state index contributed by atoms with van der Waals surface area (Å²) >= 11 is 0. The topological polar surface area (TPSA) is 0 Å². The first kappa shape index (κ1) is 11.3. The third-order valence-corrected chi connectivity index (χ3v) is 2.97. The molecule has 0 nitrogen and oxygen atoms in total. The predicted molar refractivity (Wildman–Crippen MR) is 63.5 cm³/mol. The van der Waals surface area contributed by atoms with Gasteiger partial charge in [-0.05, 0) is 37.0 Å². The second-order valence-corrected chi connectivity index (χ2v) is 4.13. The average Bonchev–Trinajstić information content (AvgIpc) is 2.18. The Morgan fingerprint density at radius 2 is 1.93 bits per heavy atom. The Kier molecular flexibility index (Phi) is 4.19. The molecule has 0 saturated heterocycles. The van der Waals surface area contributed by atoms with Crippen molar-refractivity contribution in [3.63, 3.8) is 0 Å². The Labute approximate surface area is 88.4 Å². The smallest absolute Gasteiger partial charge is 0.00217 e. The fourth-order valence-electron chi connectivity index (χ4n) is 1.79. The summed E-state index contributed by atoms with van der Waals surface area (Å²) in [6.45, 7) is 8.92. The molecule has 1 aromatic carbocycles. The summed E-state index contributed by atoms with van der Waals surface area (Å²) < 4.78 is 0. The molecule has 0 heteroatoms. The normalized spacial score (nSPS) is 10.9. The Balaban J connectivity index is 2.79. The van der Waals surface area contributed by atoms with E-state index in [4.69, 9.17) is 0 Å². The Hall–Kier alpha value is -0.780. The van der Waals surface area contributed by atoms with Crippen LogP contribution in [-0.2, 0) is 0 Å². The molecule has 0 N–H and O–H groups in total. The molecule has 0 heterocycles. The van der Waals surface area contributed by atoms with Gasteiger partial charge in [0.15, 0.2) is 0 Å². The van der Waals surface area contributed by atoms with Crippen LogP contribution < -0.4 is 0 Å². The van der Waals surface area contributed by atoms with Crippen LogP contribution in [0.5, 0.6) is 0 Å². The van der Waals surface area contributed by atoms with E-state index in [1.54, 1.807) is 0 Å². The van der Waals surface area contributed by atoms with Crippen LogP contribution in [0.1, 0.15) is 49.8 Å². The molecule has 0 atom stereocenters. The van der Waals surface area contributed by atoms with Crippen LogP contribution in [0.25, 0.3) is 0 Å². The highest BCUT2D eigenvalue weighted by Crippen LogP contribution is 2.25. The highest BCUT2D eigenvalue weighted by molar-refractivity contribution is 5.41. The van der Waals surface area contributed by atoms with Gasteiger partial charge in [-0.2, -0.15) is 0 Å². The van der Waals surface area contributed by atoms with Crippen LogP contribution in [0.2, 0.25) is 0 Å². The first-order valence-corrected chi connectivity index (χ1v) is 5.55. The number of hydrogen-bond donors (Lipinski definition) is 0. The van der Waals surface area contributed by atoms with Crippen LogP contribution >= 0.6 is 0 Å². The van der Waals surface area contributed by atoms with Crippen molar-refractivity contribution in [2.24, 2.45) is 0 Å². The number of aryl methyl sites for hydroxylation is 1. The van der Waals surface area contributed by atoms with Gasteiger partial charge in [0.25, 0.3) is 0 Å². The average molecular weight is 189 g/mol. The summed E-state index contributed by atoms with van der Waals surface area (Å²) in [5, 5.41) is 0. The van der Waals surface area contributed by atoms with Crippen molar-refractivity contribution in [3.8, 4) is 0 Å². The Morgan fingerprint density at radius 1 is 1.21 bits per heavy atom. The highest BCUT2D eigenvalue weighted by Gasteiger charge is 2.08. The van der Waals surface area contributed by atoms with Crippen molar-refractivity contribution in [2.45, 2.75) is 47.0 Å². The minimum absolute atomic E-state index is 1.24. The van der Waals surface area contributed by atoms with E-state index in [1.807, 2.05) is 0 Å². The molecule has 77 valence electrons. The van der Waals surface area contributed by atoms with Gasteiger partial charge in [-0.1, -0.05) is 44.9 Å². The maximum absolute atomic E-state index is 2.26. The third-order valence-electron chi connectivity index (χ3n) is 2.97. The van der Waals surface area contributed by atoms with Gasteiger partial charge in [-0.25, -0.2) is 0 Å². The molecular weight excluding hydrogens is 168 g/mol. The molecule has 0 saturated carbocycles. The predicted octanol–water partition coefficient (Wildman–Crippen LogP) is 4.44. The van der Waals surface area contributed by atoms with Crippen LogP contribution in [0.15, 0.2) is 18.2 Å². The Bertz CT molecular complexity index is 286. The van der Waals surface area contributed by atoms with Gasteiger partial charge in [0.1, 0.15) is 0 Å². The van der Waals surface area contributed by atoms with E-state index in [0.29, 0.717) is 0 Å². The monoisotopic (exact) mass is 189 g/mol. The first-order valence-electron chi connectivity index (χ1n) is 5.55. The molecular formula is C14H21. The van der Waals surface area contributed by atoms with Gasteiger partial charge in [0, 0.05) is 5.92 Å². The van der Waals surface area contributed by atoms with Gasteiger partial charge in [0.05, 0.1) is 0 Å². The number of unbranched alkanes of at least 4 members (excludes halogenated alkanes) is 1. The van der Waals surface area contributed by atoms with Crippen molar-refractivity contribution in [1.29, 1.82) is 0 Å². The van der Waals surface area contributed by atoms with Crippen LogP contribution in [0.3, 0.4) is 0 Å². The molecule has 1 radical (unpaired) electrons. The second-order valence-electron chi connectivity index (χ2n) is 4.13. The molecule has 0 aliphatic heterocycles. The van der Waals surface area contributed by atoms with Gasteiger partial charge < -0.3 is 0 Å². The Morgan fingerprint density at radius 3 is 2.57 bits per heavy atom.